The lowest BCUT2D eigenvalue weighted by atomic mass is 9.99. The highest BCUT2D eigenvalue weighted by Gasteiger charge is 2.08. The van der Waals surface area contributed by atoms with Crippen LogP contribution in [0.5, 0.6) is 0 Å². The van der Waals surface area contributed by atoms with Crippen LogP contribution in [-0.4, -0.2) is 5.78 Å². The molecule has 1 aromatic rings. The van der Waals surface area contributed by atoms with E-state index in [-0.39, 0.29) is 5.78 Å². The van der Waals surface area contributed by atoms with Gasteiger partial charge in [0.1, 0.15) is 0 Å². The lowest BCUT2D eigenvalue weighted by Crippen LogP contribution is -2.02. The summed E-state index contributed by atoms with van der Waals surface area (Å²) < 4.78 is 0. The molecular weight excluding hydrogens is 220 g/mol. The van der Waals surface area contributed by atoms with Gasteiger partial charge >= 0.3 is 0 Å². The highest BCUT2D eigenvalue weighted by atomic mass is 16.1. The van der Waals surface area contributed by atoms with Crippen LogP contribution in [-0.2, 0) is 0 Å². The largest absolute Gasteiger partial charge is 0.289 e. The Morgan fingerprint density at radius 2 is 1.61 bits per heavy atom. The molecule has 0 fully saturated rings. The molecule has 0 N–H and O–H groups in total. The Labute approximate surface area is 111 Å². The lowest BCUT2D eigenvalue weighted by molar-refractivity contribution is 0.103. The van der Waals surface area contributed by atoms with Crippen molar-refractivity contribution in [2.75, 3.05) is 0 Å². The first-order chi connectivity index (χ1) is 8.75. The van der Waals surface area contributed by atoms with Gasteiger partial charge < -0.3 is 0 Å². The van der Waals surface area contributed by atoms with Crippen LogP contribution in [0.4, 0.5) is 0 Å². The number of Topliss-reactive ketones (excluding diaryl/α,β-unsaturated/α-hetero) is 1. The molecule has 1 heteroatoms. The molecule has 1 rings (SSSR count). The van der Waals surface area contributed by atoms with E-state index in [4.69, 9.17) is 0 Å². The van der Waals surface area contributed by atoms with Gasteiger partial charge in [0.2, 0.25) is 0 Å². The predicted octanol–water partition coefficient (Wildman–Crippen LogP) is 5.18. The van der Waals surface area contributed by atoms with E-state index in [1.165, 1.54) is 32.1 Å². The number of allylic oxidation sites excluding steroid dienone is 1. The summed E-state index contributed by atoms with van der Waals surface area (Å²) in [5, 5.41) is 0. The zero-order chi connectivity index (χ0) is 13.2. The second-order valence-corrected chi connectivity index (χ2v) is 4.82. The maximum atomic E-state index is 12.0. The fraction of sp³-hybridized carbons (Fsp3) is 0.471. The number of rotatable bonds is 9. The van der Waals surface area contributed by atoms with Crippen LogP contribution in [0.3, 0.4) is 0 Å². The van der Waals surface area contributed by atoms with Gasteiger partial charge in [0, 0.05) is 5.56 Å². The molecule has 1 nitrogen and oxygen atoms in total. The third kappa shape index (κ3) is 5.31. The Morgan fingerprint density at radius 1 is 1.00 bits per heavy atom. The van der Waals surface area contributed by atoms with Crippen molar-refractivity contribution in [1.82, 2.24) is 0 Å². The number of benzene rings is 1. The molecular formula is C17H24O. The first-order valence-corrected chi connectivity index (χ1v) is 7.03. The van der Waals surface area contributed by atoms with E-state index in [9.17, 15) is 4.79 Å². The first-order valence-electron chi connectivity index (χ1n) is 7.03. The second-order valence-electron chi connectivity index (χ2n) is 4.82. The van der Waals surface area contributed by atoms with Crippen molar-refractivity contribution in [3.8, 4) is 0 Å². The Hall–Kier alpha value is -1.37. The van der Waals surface area contributed by atoms with Crippen molar-refractivity contribution >= 4 is 5.78 Å². The van der Waals surface area contributed by atoms with Crippen molar-refractivity contribution in [1.29, 1.82) is 0 Å². The minimum absolute atomic E-state index is 0.101. The average Bonchev–Trinajstić information content (AvgIpc) is 2.42. The van der Waals surface area contributed by atoms with Crippen LogP contribution in [0.15, 0.2) is 42.5 Å². The summed E-state index contributed by atoms with van der Waals surface area (Å²) in [6.45, 7) is 6.14. The molecule has 0 saturated carbocycles. The van der Waals surface area contributed by atoms with Gasteiger partial charge in [-0.3, -0.25) is 4.79 Å². The quantitative estimate of drug-likeness (QED) is 0.332. The zero-order valence-corrected chi connectivity index (χ0v) is 11.5. The molecule has 0 unspecified atom stereocenters. The summed E-state index contributed by atoms with van der Waals surface area (Å²) in [5.41, 5.74) is 1.50. The molecule has 0 aromatic heterocycles. The van der Waals surface area contributed by atoms with Crippen LogP contribution in [0.25, 0.3) is 0 Å². The van der Waals surface area contributed by atoms with E-state index in [0.29, 0.717) is 0 Å². The van der Waals surface area contributed by atoms with Crippen LogP contribution in [0, 0.1) is 0 Å². The van der Waals surface area contributed by atoms with E-state index in [1.807, 2.05) is 30.3 Å². The van der Waals surface area contributed by atoms with Gasteiger partial charge in [-0.25, -0.2) is 0 Å². The Kier molecular flexibility index (Phi) is 7.09. The number of hydrogen-bond acceptors (Lipinski definition) is 1. The van der Waals surface area contributed by atoms with Crippen LogP contribution in [0.1, 0.15) is 62.2 Å². The highest BCUT2D eigenvalue weighted by molar-refractivity contribution is 6.08. The van der Waals surface area contributed by atoms with Crippen molar-refractivity contribution in [2.45, 2.75) is 51.9 Å². The second kappa shape index (κ2) is 8.68. The van der Waals surface area contributed by atoms with Gasteiger partial charge in [0.15, 0.2) is 5.78 Å². The molecule has 18 heavy (non-hydrogen) atoms. The maximum absolute atomic E-state index is 12.0. The summed E-state index contributed by atoms with van der Waals surface area (Å²) in [4.78, 5) is 12.0. The van der Waals surface area contributed by atoms with Crippen LogP contribution < -0.4 is 0 Å². The lowest BCUT2D eigenvalue weighted by Gasteiger charge is -2.05. The van der Waals surface area contributed by atoms with E-state index < -0.39 is 0 Å². The number of ketones is 1. The standard InChI is InChI=1S/C17H24O/c1-3-4-5-6-7-9-12-15(2)17(18)16-13-10-8-11-14-16/h8,10-11,13-14H,2-7,9,12H2,1H3. The zero-order valence-electron chi connectivity index (χ0n) is 11.5. The fourth-order valence-corrected chi connectivity index (χ4v) is 2.03. The van der Waals surface area contributed by atoms with E-state index in [2.05, 4.69) is 13.5 Å². The minimum atomic E-state index is 0.101. The molecule has 0 aliphatic carbocycles. The van der Waals surface area contributed by atoms with Crippen molar-refractivity contribution < 1.29 is 4.79 Å². The predicted molar refractivity (Wildman–Crippen MR) is 77.9 cm³/mol. The fourth-order valence-electron chi connectivity index (χ4n) is 2.03. The van der Waals surface area contributed by atoms with Gasteiger partial charge in [-0.15, -0.1) is 0 Å². The first kappa shape index (κ1) is 14.7. The monoisotopic (exact) mass is 244 g/mol. The SMILES string of the molecule is C=C(CCCCCCCC)C(=O)c1ccccc1. The van der Waals surface area contributed by atoms with Gasteiger partial charge in [-0.1, -0.05) is 75.9 Å². The summed E-state index contributed by atoms with van der Waals surface area (Å²) in [7, 11) is 0. The van der Waals surface area contributed by atoms with Crippen LogP contribution >= 0.6 is 0 Å². The third-order valence-electron chi connectivity index (χ3n) is 3.19. The van der Waals surface area contributed by atoms with Gasteiger partial charge in [-0.05, 0) is 18.4 Å². The summed E-state index contributed by atoms with van der Waals surface area (Å²) in [6, 6.07) is 9.42. The van der Waals surface area contributed by atoms with Crippen molar-refractivity contribution in [3.05, 3.63) is 48.0 Å². The Morgan fingerprint density at radius 3 is 2.28 bits per heavy atom. The van der Waals surface area contributed by atoms with Gasteiger partial charge in [-0.2, -0.15) is 0 Å². The third-order valence-corrected chi connectivity index (χ3v) is 3.19. The molecule has 0 bridgehead atoms. The molecule has 0 heterocycles. The van der Waals surface area contributed by atoms with E-state index >= 15 is 0 Å². The number of carbonyl (C=O) groups is 1. The molecule has 0 spiro atoms. The number of carbonyl (C=O) groups excluding carboxylic acids is 1. The summed E-state index contributed by atoms with van der Waals surface area (Å²) >= 11 is 0. The minimum Gasteiger partial charge on any atom is -0.289 e. The van der Waals surface area contributed by atoms with E-state index in [0.717, 1.165) is 24.0 Å². The molecule has 0 saturated heterocycles. The van der Waals surface area contributed by atoms with Crippen LogP contribution in [0.2, 0.25) is 0 Å². The molecule has 0 radical (unpaired) electrons. The molecule has 0 aliphatic rings. The topological polar surface area (TPSA) is 17.1 Å². The smallest absolute Gasteiger partial charge is 0.188 e. The van der Waals surface area contributed by atoms with Crippen molar-refractivity contribution in [2.24, 2.45) is 0 Å². The van der Waals surface area contributed by atoms with Gasteiger partial charge in [0.25, 0.3) is 0 Å². The average molecular weight is 244 g/mol. The molecule has 0 aliphatic heterocycles. The Balaban J connectivity index is 2.23. The normalized spacial score (nSPS) is 10.3. The highest BCUT2D eigenvalue weighted by Crippen LogP contribution is 2.14. The van der Waals surface area contributed by atoms with Gasteiger partial charge in [0.05, 0.1) is 0 Å². The maximum Gasteiger partial charge on any atom is 0.188 e. The molecule has 0 amide bonds. The van der Waals surface area contributed by atoms with E-state index in [1.54, 1.807) is 0 Å². The molecule has 98 valence electrons. The Bertz CT molecular complexity index is 364. The number of hydrogen-bond donors (Lipinski definition) is 0. The van der Waals surface area contributed by atoms with Crippen molar-refractivity contribution in [3.63, 3.8) is 0 Å². The number of unbranched alkanes of at least 4 members (excludes halogenated alkanes) is 5. The molecule has 0 atom stereocenters. The molecule has 1 aromatic carbocycles. The summed E-state index contributed by atoms with van der Waals surface area (Å²) in [6.07, 6.45) is 8.32. The summed E-state index contributed by atoms with van der Waals surface area (Å²) in [5.74, 6) is 0.101.